The minimum absolute atomic E-state index is 0.921. The van der Waals surface area contributed by atoms with E-state index >= 15 is 0 Å². The summed E-state index contributed by atoms with van der Waals surface area (Å²) in [6.45, 7) is 12.8. The van der Waals surface area contributed by atoms with Gasteiger partial charge in [-0.15, -0.1) is 0 Å². The van der Waals surface area contributed by atoms with E-state index in [1.165, 1.54) is 0 Å². The normalized spacial score (nSPS) is 10.0. The van der Waals surface area contributed by atoms with Gasteiger partial charge in [-0.25, -0.2) is 0 Å². The molecule has 62 valence electrons. The highest BCUT2D eigenvalue weighted by Crippen LogP contribution is 2.02. The fourth-order valence-electron chi connectivity index (χ4n) is 0.691. The van der Waals surface area contributed by atoms with E-state index in [0.717, 1.165) is 24.2 Å². The summed E-state index contributed by atoms with van der Waals surface area (Å²) in [5, 5.41) is 3.17. The van der Waals surface area contributed by atoms with Crippen molar-refractivity contribution in [3.63, 3.8) is 0 Å². The Balaban J connectivity index is 3.74. The fourth-order valence-corrected chi connectivity index (χ4v) is 0.691. The van der Waals surface area contributed by atoms with Gasteiger partial charge in [0.1, 0.15) is 0 Å². The van der Waals surface area contributed by atoms with Gasteiger partial charge in [0, 0.05) is 12.2 Å². The molecule has 11 heavy (non-hydrogen) atoms. The Morgan fingerprint density at radius 1 is 1.45 bits per heavy atom. The highest BCUT2D eigenvalue weighted by molar-refractivity contribution is 5.33. The van der Waals surface area contributed by atoms with Crippen molar-refractivity contribution in [2.45, 2.75) is 20.3 Å². The molecule has 0 saturated carbocycles. The van der Waals surface area contributed by atoms with Crippen LogP contribution in [0, 0.1) is 0 Å². The van der Waals surface area contributed by atoms with Gasteiger partial charge in [-0.3, -0.25) is 0 Å². The lowest BCUT2D eigenvalue weighted by Crippen LogP contribution is -2.13. The summed E-state index contributed by atoms with van der Waals surface area (Å²) in [6.07, 6.45) is 5.02. The lowest BCUT2D eigenvalue weighted by Gasteiger charge is -2.07. The molecule has 0 saturated heterocycles. The van der Waals surface area contributed by atoms with Gasteiger partial charge in [0.2, 0.25) is 0 Å². The number of rotatable bonds is 5. The standard InChI is InChI=1S/C10H17N/c1-5-7-9(3)10(4)11-8-6-2/h5,7,11H,3-4,6,8H2,1-2H3/b7-5-. The Morgan fingerprint density at radius 2 is 2.09 bits per heavy atom. The van der Waals surface area contributed by atoms with Gasteiger partial charge in [0.25, 0.3) is 0 Å². The summed E-state index contributed by atoms with van der Waals surface area (Å²) < 4.78 is 0. The topological polar surface area (TPSA) is 12.0 Å². The molecule has 0 atom stereocenters. The van der Waals surface area contributed by atoms with E-state index in [1.807, 2.05) is 19.1 Å². The van der Waals surface area contributed by atoms with Crippen molar-refractivity contribution in [3.05, 3.63) is 36.6 Å². The highest BCUT2D eigenvalue weighted by atomic mass is 14.9. The molecular formula is C10H17N. The monoisotopic (exact) mass is 151 g/mol. The molecule has 0 aromatic rings. The van der Waals surface area contributed by atoms with E-state index in [2.05, 4.69) is 25.4 Å². The lowest BCUT2D eigenvalue weighted by molar-refractivity contribution is 0.782. The lowest BCUT2D eigenvalue weighted by atomic mass is 10.2. The highest BCUT2D eigenvalue weighted by Gasteiger charge is 1.92. The third kappa shape index (κ3) is 4.43. The summed E-state index contributed by atoms with van der Waals surface area (Å²) >= 11 is 0. The molecule has 1 N–H and O–H groups in total. The molecule has 0 aliphatic carbocycles. The molecule has 0 aromatic heterocycles. The van der Waals surface area contributed by atoms with Crippen molar-refractivity contribution >= 4 is 0 Å². The Kier molecular flexibility index (Phi) is 5.26. The van der Waals surface area contributed by atoms with Crippen LogP contribution in [0.1, 0.15) is 20.3 Å². The molecule has 0 fully saturated rings. The molecule has 0 rings (SSSR count). The Labute approximate surface area is 69.5 Å². The number of nitrogens with one attached hydrogen (secondary N) is 1. The van der Waals surface area contributed by atoms with E-state index in [1.54, 1.807) is 0 Å². The molecule has 0 bridgehead atoms. The maximum Gasteiger partial charge on any atom is 0.0334 e. The van der Waals surface area contributed by atoms with Gasteiger partial charge in [0.05, 0.1) is 0 Å². The van der Waals surface area contributed by atoms with E-state index in [9.17, 15) is 0 Å². The molecule has 0 aliphatic heterocycles. The Hall–Kier alpha value is -0.980. The first-order valence-electron chi connectivity index (χ1n) is 3.97. The molecule has 1 heteroatoms. The second-order valence-electron chi connectivity index (χ2n) is 2.43. The van der Waals surface area contributed by atoms with E-state index in [4.69, 9.17) is 0 Å². The van der Waals surface area contributed by atoms with E-state index in [-0.39, 0.29) is 0 Å². The zero-order chi connectivity index (χ0) is 8.69. The predicted octanol–water partition coefficient (Wildman–Crippen LogP) is 2.63. The molecule has 0 amide bonds. The largest absolute Gasteiger partial charge is 0.385 e. The van der Waals surface area contributed by atoms with Crippen LogP contribution in [0.25, 0.3) is 0 Å². The zero-order valence-electron chi connectivity index (χ0n) is 7.48. The van der Waals surface area contributed by atoms with Gasteiger partial charge >= 0.3 is 0 Å². The van der Waals surface area contributed by atoms with E-state index in [0.29, 0.717) is 0 Å². The van der Waals surface area contributed by atoms with Crippen molar-refractivity contribution < 1.29 is 0 Å². The number of allylic oxidation sites excluding steroid dienone is 2. The molecule has 0 spiro atoms. The molecular weight excluding hydrogens is 134 g/mol. The second kappa shape index (κ2) is 5.78. The maximum absolute atomic E-state index is 3.85. The van der Waals surface area contributed by atoms with Crippen LogP contribution in [-0.2, 0) is 0 Å². The first kappa shape index (κ1) is 10.0. The number of hydrogen-bond donors (Lipinski definition) is 1. The summed E-state index contributed by atoms with van der Waals surface area (Å²) in [7, 11) is 0. The van der Waals surface area contributed by atoms with Gasteiger partial charge in [-0.1, -0.05) is 32.2 Å². The summed E-state index contributed by atoms with van der Waals surface area (Å²) in [6, 6.07) is 0. The Morgan fingerprint density at radius 3 is 2.55 bits per heavy atom. The minimum atomic E-state index is 0.921. The molecule has 1 nitrogen and oxygen atoms in total. The molecule has 0 radical (unpaired) electrons. The molecule has 0 unspecified atom stereocenters. The van der Waals surface area contributed by atoms with Crippen molar-refractivity contribution in [2.24, 2.45) is 0 Å². The third-order valence-corrected chi connectivity index (χ3v) is 1.34. The summed E-state index contributed by atoms with van der Waals surface area (Å²) in [5.74, 6) is 0. The smallest absolute Gasteiger partial charge is 0.0334 e. The van der Waals surface area contributed by atoms with Crippen LogP contribution in [0.3, 0.4) is 0 Å². The first-order chi connectivity index (χ1) is 5.22. The van der Waals surface area contributed by atoms with Crippen LogP contribution in [0.15, 0.2) is 36.6 Å². The minimum Gasteiger partial charge on any atom is -0.385 e. The van der Waals surface area contributed by atoms with Crippen molar-refractivity contribution in [1.29, 1.82) is 0 Å². The second-order valence-corrected chi connectivity index (χ2v) is 2.43. The summed E-state index contributed by atoms with van der Waals surface area (Å²) in [5.41, 5.74) is 1.88. The first-order valence-corrected chi connectivity index (χ1v) is 3.97. The summed E-state index contributed by atoms with van der Waals surface area (Å²) in [4.78, 5) is 0. The predicted molar refractivity (Wildman–Crippen MR) is 51.4 cm³/mol. The third-order valence-electron chi connectivity index (χ3n) is 1.34. The van der Waals surface area contributed by atoms with Crippen LogP contribution < -0.4 is 5.32 Å². The quantitative estimate of drug-likeness (QED) is 0.596. The van der Waals surface area contributed by atoms with Crippen molar-refractivity contribution in [2.75, 3.05) is 6.54 Å². The average molecular weight is 151 g/mol. The molecule has 0 aliphatic rings. The average Bonchev–Trinajstić information content (AvgIpc) is 2.00. The van der Waals surface area contributed by atoms with Gasteiger partial charge in [-0.2, -0.15) is 0 Å². The van der Waals surface area contributed by atoms with Crippen LogP contribution in [0.4, 0.5) is 0 Å². The molecule has 0 aromatic carbocycles. The van der Waals surface area contributed by atoms with E-state index < -0.39 is 0 Å². The van der Waals surface area contributed by atoms with Gasteiger partial charge < -0.3 is 5.32 Å². The van der Waals surface area contributed by atoms with Crippen molar-refractivity contribution in [1.82, 2.24) is 5.32 Å². The maximum atomic E-state index is 3.85. The SMILES string of the molecule is C=C(/C=C\C)C(=C)NCCC. The van der Waals surface area contributed by atoms with Crippen molar-refractivity contribution in [3.8, 4) is 0 Å². The van der Waals surface area contributed by atoms with Crippen LogP contribution in [0.2, 0.25) is 0 Å². The van der Waals surface area contributed by atoms with Crippen LogP contribution in [0.5, 0.6) is 0 Å². The fraction of sp³-hybridized carbons (Fsp3) is 0.400. The van der Waals surface area contributed by atoms with Crippen LogP contribution in [-0.4, -0.2) is 6.54 Å². The van der Waals surface area contributed by atoms with Gasteiger partial charge in [-0.05, 0) is 18.9 Å². The number of hydrogen-bond acceptors (Lipinski definition) is 1. The van der Waals surface area contributed by atoms with Crippen LogP contribution >= 0.6 is 0 Å². The Bertz CT molecular complexity index is 166. The van der Waals surface area contributed by atoms with Gasteiger partial charge in [0.15, 0.2) is 0 Å². The molecule has 0 heterocycles. The zero-order valence-corrected chi connectivity index (χ0v) is 7.48.